The number of rotatable bonds is 6. The Bertz CT molecular complexity index is 623. The van der Waals surface area contributed by atoms with Crippen LogP contribution < -0.4 is 11.1 Å². The van der Waals surface area contributed by atoms with E-state index in [2.05, 4.69) is 5.32 Å². The molecule has 3 N–H and O–H groups in total. The number of esters is 2. The summed E-state index contributed by atoms with van der Waals surface area (Å²) in [6.07, 6.45) is -0.606. The molecule has 0 fully saturated rings. The molecule has 1 aromatic rings. The molecule has 0 aliphatic rings. The predicted octanol–water partition coefficient (Wildman–Crippen LogP) is 2.10. The van der Waals surface area contributed by atoms with E-state index in [9.17, 15) is 14.4 Å². The quantitative estimate of drug-likeness (QED) is 0.770. The third-order valence-corrected chi connectivity index (χ3v) is 2.83. The lowest BCUT2D eigenvalue weighted by Crippen LogP contribution is -2.33. The molecule has 24 heavy (non-hydrogen) atoms. The zero-order valence-electron chi connectivity index (χ0n) is 14.6. The maximum absolute atomic E-state index is 12.2. The fraction of sp³-hybridized carbons (Fsp3) is 0.471. The molecular formula is C17H24N2O5. The number of benzene rings is 1. The van der Waals surface area contributed by atoms with Gasteiger partial charge in [0.1, 0.15) is 0 Å². The molecule has 1 unspecified atom stereocenters. The first-order chi connectivity index (χ1) is 11.1. The van der Waals surface area contributed by atoms with Gasteiger partial charge < -0.3 is 20.5 Å². The monoisotopic (exact) mass is 336 g/mol. The molecule has 1 aromatic carbocycles. The Balaban J connectivity index is 3.21. The molecule has 7 nitrogen and oxygen atoms in total. The molecule has 1 rings (SSSR count). The second-order valence-electron chi connectivity index (χ2n) is 5.95. The molecule has 0 aliphatic carbocycles. The van der Waals surface area contributed by atoms with Crippen molar-refractivity contribution in [3.63, 3.8) is 0 Å². The maximum Gasteiger partial charge on any atom is 0.340 e. The van der Waals surface area contributed by atoms with Crippen molar-refractivity contribution in [3.05, 3.63) is 29.3 Å². The Morgan fingerprint density at radius 2 is 1.50 bits per heavy atom. The van der Waals surface area contributed by atoms with Crippen LogP contribution in [0.25, 0.3) is 0 Å². The second kappa shape index (κ2) is 8.44. The predicted molar refractivity (Wildman–Crippen MR) is 89.8 cm³/mol. The largest absolute Gasteiger partial charge is 0.459 e. The summed E-state index contributed by atoms with van der Waals surface area (Å²) < 4.78 is 10.3. The van der Waals surface area contributed by atoms with Crippen LogP contribution in [0.2, 0.25) is 0 Å². The van der Waals surface area contributed by atoms with Crippen molar-refractivity contribution in [1.82, 2.24) is 0 Å². The van der Waals surface area contributed by atoms with Crippen LogP contribution in [0, 0.1) is 0 Å². The summed E-state index contributed by atoms with van der Waals surface area (Å²) >= 11 is 0. The van der Waals surface area contributed by atoms with E-state index < -0.39 is 23.9 Å². The number of amides is 1. The highest BCUT2D eigenvalue weighted by atomic mass is 16.5. The summed E-state index contributed by atoms with van der Waals surface area (Å²) in [7, 11) is 0. The lowest BCUT2D eigenvalue weighted by molar-refractivity contribution is -0.117. The highest BCUT2D eigenvalue weighted by molar-refractivity contribution is 6.04. The van der Waals surface area contributed by atoms with E-state index in [1.54, 1.807) is 27.7 Å². The maximum atomic E-state index is 12.2. The van der Waals surface area contributed by atoms with Gasteiger partial charge in [-0.1, -0.05) is 0 Å². The van der Waals surface area contributed by atoms with E-state index in [-0.39, 0.29) is 29.0 Å². The first kappa shape index (κ1) is 19.6. The second-order valence-corrected chi connectivity index (χ2v) is 5.95. The van der Waals surface area contributed by atoms with Gasteiger partial charge in [0.05, 0.1) is 35.1 Å². The van der Waals surface area contributed by atoms with Gasteiger partial charge in [0.15, 0.2) is 0 Å². The highest BCUT2D eigenvalue weighted by Crippen LogP contribution is 2.21. The van der Waals surface area contributed by atoms with Crippen LogP contribution in [0.3, 0.4) is 0 Å². The zero-order valence-corrected chi connectivity index (χ0v) is 14.6. The molecule has 1 amide bonds. The Kier molecular flexibility index (Phi) is 6.91. The standard InChI is InChI=1S/C17H24N2O5/c1-9(2)23-16(21)12-6-7-13(17(22)24-10(3)4)14(8-12)19-15(20)11(5)18/h6-11H,18H2,1-5H3,(H,19,20). The topological polar surface area (TPSA) is 108 Å². The summed E-state index contributed by atoms with van der Waals surface area (Å²) in [5.41, 5.74) is 6.04. The van der Waals surface area contributed by atoms with E-state index in [1.807, 2.05) is 0 Å². The van der Waals surface area contributed by atoms with Crippen molar-refractivity contribution < 1.29 is 23.9 Å². The van der Waals surface area contributed by atoms with E-state index in [1.165, 1.54) is 25.1 Å². The third-order valence-electron chi connectivity index (χ3n) is 2.83. The molecule has 0 aromatic heterocycles. The highest BCUT2D eigenvalue weighted by Gasteiger charge is 2.20. The number of hydrogen-bond acceptors (Lipinski definition) is 6. The first-order valence-electron chi connectivity index (χ1n) is 7.74. The van der Waals surface area contributed by atoms with Crippen molar-refractivity contribution in [2.45, 2.75) is 52.9 Å². The third kappa shape index (κ3) is 5.66. The number of nitrogens with two attached hydrogens (primary N) is 1. The van der Waals surface area contributed by atoms with Gasteiger partial charge in [-0.05, 0) is 52.8 Å². The SMILES string of the molecule is CC(C)OC(=O)c1ccc(C(=O)OC(C)C)c(NC(=O)C(C)N)c1. The minimum absolute atomic E-state index is 0.138. The van der Waals surface area contributed by atoms with E-state index >= 15 is 0 Å². The van der Waals surface area contributed by atoms with E-state index in [0.717, 1.165) is 0 Å². The van der Waals surface area contributed by atoms with Crippen molar-refractivity contribution in [2.75, 3.05) is 5.32 Å². The fourth-order valence-electron chi connectivity index (χ4n) is 1.76. The van der Waals surface area contributed by atoms with Crippen LogP contribution in [0.1, 0.15) is 55.3 Å². The van der Waals surface area contributed by atoms with Crippen LogP contribution in [-0.4, -0.2) is 36.1 Å². The molecule has 1 atom stereocenters. The molecule has 0 saturated heterocycles. The van der Waals surface area contributed by atoms with Gasteiger partial charge in [-0.15, -0.1) is 0 Å². The summed E-state index contributed by atoms with van der Waals surface area (Å²) in [4.78, 5) is 36.0. The van der Waals surface area contributed by atoms with Gasteiger partial charge in [0, 0.05) is 0 Å². The molecule has 0 radical (unpaired) electrons. The van der Waals surface area contributed by atoms with Gasteiger partial charge >= 0.3 is 11.9 Å². The first-order valence-corrected chi connectivity index (χ1v) is 7.74. The van der Waals surface area contributed by atoms with Gasteiger partial charge in [-0.3, -0.25) is 4.79 Å². The minimum Gasteiger partial charge on any atom is -0.459 e. The Hall–Kier alpha value is -2.41. The van der Waals surface area contributed by atoms with Gasteiger partial charge in [0.2, 0.25) is 5.91 Å². The normalized spacial score (nSPS) is 12.0. The number of carbonyl (C=O) groups excluding carboxylic acids is 3. The van der Waals surface area contributed by atoms with E-state index in [0.29, 0.717) is 0 Å². The summed E-state index contributed by atoms with van der Waals surface area (Å²) in [5, 5.41) is 2.54. The van der Waals surface area contributed by atoms with Crippen molar-refractivity contribution >= 4 is 23.5 Å². The average Bonchev–Trinajstić information content (AvgIpc) is 2.45. The molecule has 132 valence electrons. The number of anilines is 1. The summed E-state index contributed by atoms with van der Waals surface area (Å²) in [5.74, 6) is -1.64. The van der Waals surface area contributed by atoms with Gasteiger partial charge in [-0.25, -0.2) is 9.59 Å². The van der Waals surface area contributed by atoms with Crippen molar-refractivity contribution in [3.8, 4) is 0 Å². The number of ether oxygens (including phenoxy) is 2. The fourth-order valence-corrected chi connectivity index (χ4v) is 1.76. The van der Waals surface area contributed by atoms with Crippen LogP contribution in [0.15, 0.2) is 18.2 Å². The van der Waals surface area contributed by atoms with Crippen LogP contribution >= 0.6 is 0 Å². The number of carbonyl (C=O) groups is 3. The van der Waals surface area contributed by atoms with E-state index in [4.69, 9.17) is 15.2 Å². The molecule has 0 aliphatic heterocycles. The van der Waals surface area contributed by atoms with Crippen molar-refractivity contribution in [2.24, 2.45) is 5.73 Å². The zero-order chi connectivity index (χ0) is 18.4. The number of hydrogen-bond donors (Lipinski definition) is 2. The minimum atomic E-state index is -0.773. The van der Waals surface area contributed by atoms with Crippen molar-refractivity contribution in [1.29, 1.82) is 0 Å². The molecule has 7 heteroatoms. The Labute approximate surface area is 141 Å². The molecule has 0 saturated carbocycles. The smallest absolute Gasteiger partial charge is 0.340 e. The molecular weight excluding hydrogens is 312 g/mol. The lowest BCUT2D eigenvalue weighted by atomic mass is 10.1. The average molecular weight is 336 g/mol. The van der Waals surface area contributed by atoms with Crippen LogP contribution in [0.5, 0.6) is 0 Å². The Morgan fingerprint density at radius 1 is 0.958 bits per heavy atom. The summed E-state index contributed by atoms with van der Waals surface area (Å²) in [6.45, 7) is 8.40. The summed E-state index contributed by atoms with van der Waals surface area (Å²) in [6, 6.07) is 3.47. The van der Waals surface area contributed by atoms with Crippen LogP contribution in [-0.2, 0) is 14.3 Å². The van der Waals surface area contributed by atoms with Gasteiger partial charge in [-0.2, -0.15) is 0 Å². The Morgan fingerprint density at radius 3 is 2.00 bits per heavy atom. The number of nitrogens with one attached hydrogen (secondary N) is 1. The van der Waals surface area contributed by atoms with Crippen LogP contribution in [0.4, 0.5) is 5.69 Å². The van der Waals surface area contributed by atoms with Gasteiger partial charge in [0.25, 0.3) is 0 Å². The molecule has 0 spiro atoms. The molecule has 0 bridgehead atoms. The molecule has 0 heterocycles. The lowest BCUT2D eigenvalue weighted by Gasteiger charge is -2.15.